The van der Waals surface area contributed by atoms with Crippen LogP contribution in [0.2, 0.25) is 0 Å². The van der Waals surface area contributed by atoms with Crippen LogP contribution in [0.1, 0.15) is 73.1 Å². The number of carbonyl (C=O) groups is 1. The molecule has 3 aliphatic carbocycles. The van der Waals surface area contributed by atoms with Gasteiger partial charge in [-0.05, 0) is 67.3 Å². The van der Waals surface area contributed by atoms with Crippen molar-refractivity contribution in [1.29, 1.82) is 0 Å². The Labute approximate surface area is 191 Å². The second-order valence-electron chi connectivity index (χ2n) is 12.8. The van der Waals surface area contributed by atoms with E-state index in [0.717, 1.165) is 44.1 Å². The monoisotopic (exact) mass is 442 g/mol. The molecule has 5 heteroatoms. The molecule has 1 spiro atoms. The largest absolute Gasteiger partial charge is 0.497 e. The maximum Gasteiger partial charge on any atom is 0.339 e. The Balaban J connectivity index is 1.44. The number of carbonyl (C=O) groups excluding carboxylic acids is 1. The number of hydrogen-bond donors (Lipinski definition) is 1. The van der Waals surface area contributed by atoms with Gasteiger partial charge in [-0.25, -0.2) is 4.79 Å². The van der Waals surface area contributed by atoms with Crippen molar-refractivity contribution in [3.05, 3.63) is 24.0 Å². The first-order valence-electron chi connectivity index (χ1n) is 12.6. The number of aliphatic hydroxyl groups is 1. The number of hydrogen-bond acceptors (Lipinski definition) is 5. The lowest BCUT2D eigenvalue weighted by atomic mass is 9.35. The van der Waals surface area contributed by atoms with Gasteiger partial charge in [-0.2, -0.15) is 0 Å². The highest BCUT2D eigenvalue weighted by Crippen LogP contribution is 2.79. The second kappa shape index (κ2) is 6.21. The van der Waals surface area contributed by atoms with Crippen molar-refractivity contribution in [2.24, 2.45) is 33.5 Å². The molecule has 0 bridgehead atoms. The SMILES string of the molecule is CC1(C)C2CC[C@]3(C)C(CC[C@@]4(C)[C@H](C5=COCC=C5)OC(=O)C5OC543)[C@@]2(C)CC[C@H]1O. The molecule has 5 nitrogen and oxygen atoms in total. The third-order valence-corrected chi connectivity index (χ3v) is 11.3. The zero-order valence-electron chi connectivity index (χ0n) is 20.1. The third-order valence-electron chi connectivity index (χ3n) is 11.3. The average molecular weight is 443 g/mol. The van der Waals surface area contributed by atoms with Crippen LogP contribution in [0.4, 0.5) is 0 Å². The van der Waals surface area contributed by atoms with Crippen molar-refractivity contribution in [3.63, 3.8) is 0 Å². The van der Waals surface area contributed by atoms with Gasteiger partial charge in [0.1, 0.15) is 18.3 Å². The van der Waals surface area contributed by atoms with Crippen molar-refractivity contribution in [1.82, 2.24) is 0 Å². The van der Waals surface area contributed by atoms with Crippen LogP contribution >= 0.6 is 0 Å². The van der Waals surface area contributed by atoms with Crippen molar-refractivity contribution in [3.8, 4) is 0 Å². The summed E-state index contributed by atoms with van der Waals surface area (Å²) < 4.78 is 18.2. The van der Waals surface area contributed by atoms with Crippen LogP contribution in [-0.4, -0.2) is 41.6 Å². The highest BCUT2D eigenvalue weighted by atomic mass is 16.7. The Morgan fingerprint density at radius 1 is 0.938 bits per heavy atom. The van der Waals surface area contributed by atoms with E-state index in [1.54, 1.807) is 6.26 Å². The van der Waals surface area contributed by atoms with Crippen LogP contribution in [0.3, 0.4) is 0 Å². The predicted molar refractivity (Wildman–Crippen MR) is 119 cm³/mol. The smallest absolute Gasteiger partial charge is 0.339 e. The number of epoxide rings is 1. The number of fused-ring (bicyclic) bond motifs is 3. The predicted octanol–water partition coefficient (Wildman–Crippen LogP) is 4.54. The van der Waals surface area contributed by atoms with E-state index in [1.165, 1.54) is 0 Å². The summed E-state index contributed by atoms with van der Waals surface area (Å²) in [5.74, 6) is 0.747. The topological polar surface area (TPSA) is 68.3 Å². The highest BCUT2D eigenvalue weighted by Gasteiger charge is 2.86. The summed E-state index contributed by atoms with van der Waals surface area (Å²) >= 11 is 0. The van der Waals surface area contributed by atoms with E-state index in [4.69, 9.17) is 14.2 Å². The fraction of sp³-hybridized carbons (Fsp3) is 0.815. The molecule has 3 heterocycles. The van der Waals surface area contributed by atoms with E-state index < -0.39 is 11.7 Å². The lowest BCUT2D eigenvalue weighted by molar-refractivity contribution is -0.234. The minimum Gasteiger partial charge on any atom is -0.497 e. The van der Waals surface area contributed by atoms with Gasteiger partial charge in [0.15, 0.2) is 6.10 Å². The molecule has 3 saturated carbocycles. The molecule has 3 aliphatic heterocycles. The summed E-state index contributed by atoms with van der Waals surface area (Å²) in [6, 6.07) is 0. The second-order valence-corrected chi connectivity index (χ2v) is 12.8. The van der Waals surface area contributed by atoms with Crippen molar-refractivity contribution < 1.29 is 24.1 Å². The average Bonchev–Trinajstić information content (AvgIpc) is 3.52. The van der Waals surface area contributed by atoms with Gasteiger partial charge in [0.2, 0.25) is 0 Å². The summed E-state index contributed by atoms with van der Waals surface area (Å²) in [5, 5.41) is 10.8. The summed E-state index contributed by atoms with van der Waals surface area (Å²) in [4.78, 5) is 13.1. The van der Waals surface area contributed by atoms with E-state index in [-0.39, 0.29) is 39.8 Å². The molecule has 5 fully saturated rings. The van der Waals surface area contributed by atoms with Gasteiger partial charge in [0.05, 0.1) is 12.4 Å². The molecule has 9 atom stereocenters. The summed E-state index contributed by atoms with van der Waals surface area (Å²) in [7, 11) is 0. The summed E-state index contributed by atoms with van der Waals surface area (Å²) in [5.41, 5.74) is 0.158. The van der Waals surface area contributed by atoms with E-state index >= 15 is 0 Å². The Morgan fingerprint density at radius 3 is 2.38 bits per heavy atom. The van der Waals surface area contributed by atoms with Gasteiger partial charge in [-0.15, -0.1) is 0 Å². The molecular weight excluding hydrogens is 404 g/mol. The van der Waals surface area contributed by atoms with Crippen molar-refractivity contribution in [2.75, 3.05) is 6.61 Å². The Morgan fingerprint density at radius 2 is 1.66 bits per heavy atom. The Kier molecular flexibility index (Phi) is 4.12. The van der Waals surface area contributed by atoms with Crippen LogP contribution in [-0.2, 0) is 19.0 Å². The molecule has 4 unspecified atom stereocenters. The van der Waals surface area contributed by atoms with Crippen LogP contribution in [0.15, 0.2) is 24.0 Å². The number of esters is 1. The van der Waals surface area contributed by atoms with Gasteiger partial charge >= 0.3 is 5.97 Å². The normalized spacial score (nSPS) is 55.2. The molecule has 32 heavy (non-hydrogen) atoms. The Bertz CT molecular complexity index is 921. The lowest BCUT2D eigenvalue weighted by Gasteiger charge is -2.69. The van der Waals surface area contributed by atoms with E-state index in [9.17, 15) is 9.90 Å². The number of aliphatic hydroxyl groups excluding tert-OH is 1. The molecule has 6 rings (SSSR count). The quantitative estimate of drug-likeness (QED) is 0.477. The molecule has 0 aromatic rings. The Hall–Kier alpha value is -1.33. The van der Waals surface area contributed by atoms with Gasteiger partial charge in [-0.3, -0.25) is 0 Å². The van der Waals surface area contributed by atoms with Crippen molar-refractivity contribution >= 4 is 5.97 Å². The zero-order chi connectivity index (χ0) is 22.7. The van der Waals surface area contributed by atoms with E-state index in [0.29, 0.717) is 18.4 Å². The van der Waals surface area contributed by atoms with Gasteiger partial charge in [-0.1, -0.05) is 40.7 Å². The molecule has 0 aromatic heterocycles. The molecule has 0 radical (unpaired) electrons. The molecule has 1 N–H and O–H groups in total. The molecular formula is C27H38O5. The molecule has 2 saturated heterocycles. The molecule has 0 aromatic carbocycles. The fourth-order valence-corrected chi connectivity index (χ4v) is 9.79. The van der Waals surface area contributed by atoms with Crippen LogP contribution in [0, 0.1) is 33.5 Å². The maximum absolute atomic E-state index is 13.1. The third kappa shape index (κ3) is 2.21. The van der Waals surface area contributed by atoms with E-state index in [1.807, 2.05) is 6.08 Å². The minimum absolute atomic E-state index is 0.0837. The first-order valence-corrected chi connectivity index (χ1v) is 12.6. The molecule has 176 valence electrons. The zero-order valence-corrected chi connectivity index (χ0v) is 20.1. The van der Waals surface area contributed by atoms with Crippen LogP contribution in [0.5, 0.6) is 0 Å². The fourth-order valence-electron chi connectivity index (χ4n) is 9.79. The lowest BCUT2D eigenvalue weighted by Crippen LogP contribution is -2.70. The first-order chi connectivity index (χ1) is 15.0. The molecule has 6 aliphatic rings. The van der Waals surface area contributed by atoms with Crippen molar-refractivity contribution in [2.45, 2.75) is 97.1 Å². The first kappa shape index (κ1) is 21.2. The number of ether oxygens (including phenoxy) is 3. The van der Waals surface area contributed by atoms with Gasteiger partial charge in [0.25, 0.3) is 0 Å². The molecule has 0 amide bonds. The van der Waals surface area contributed by atoms with Crippen LogP contribution < -0.4 is 0 Å². The van der Waals surface area contributed by atoms with Crippen LogP contribution in [0.25, 0.3) is 0 Å². The van der Waals surface area contributed by atoms with Gasteiger partial charge < -0.3 is 19.3 Å². The number of cyclic esters (lactones) is 1. The van der Waals surface area contributed by atoms with E-state index in [2.05, 4.69) is 40.7 Å². The summed E-state index contributed by atoms with van der Waals surface area (Å²) in [6.07, 6.45) is 10.9. The van der Waals surface area contributed by atoms with Gasteiger partial charge in [0, 0.05) is 16.4 Å². The maximum atomic E-state index is 13.1. The highest BCUT2D eigenvalue weighted by molar-refractivity contribution is 5.82. The standard InChI is InChI=1S/C27H38O5/c1-23(2)17-8-12-25(4)18(24(17,3)11-10-19(23)28)9-13-26(5)20(16-7-6-14-30-15-16)31-22(29)21-27(25,26)32-21/h6-7,15,17-21,28H,8-14H2,1-5H3/t17?,18?,19-,20+,21?,24+,25-,26+,27?/m1/s1. The number of rotatable bonds is 1. The summed E-state index contributed by atoms with van der Waals surface area (Å²) in [6.45, 7) is 12.3. The minimum atomic E-state index is -0.483.